The highest BCUT2D eigenvalue weighted by atomic mass is 14.7. The number of hydrogen-bond acceptors (Lipinski definition) is 0. The Hall–Kier alpha value is -1.76. The Morgan fingerprint density at radius 3 is 2.67 bits per heavy atom. The van der Waals surface area contributed by atoms with Crippen LogP contribution in [-0.4, -0.2) is 4.98 Å². The molecule has 0 fully saturated rings. The van der Waals surface area contributed by atoms with Gasteiger partial charge in [-0.25, -0.2) is 0 Å². The number of H-pyrrole nitrogens is 1. The highest BCUT2D eigenvalue weighted by Gasteiger charge is 2.04. The summed E-state index contributed by atoms with van der Waals surface area (Å²) in [4.78, 5) is 3.47. The molecule has 1 aromatic heterocycles. The van der Waals surface area contributed by atoms with E-state index in [1.165, 1.54) is 32.9 Å². The molecule has 15 heavy (non-hydrogen) atoms. The summed E-state index contributed by atoms with van der Waals surface area (Å²) >= 11 is 0. The van der Waals surface area contributed by atoms with E-state index in [0.29, 0.717) is 0 Å². The van der Waals surface area contributed by atoms with Gasteiger partial charge in [0.15, 0.2) is 0 Å². The number of nitrogens with one attached hydrogen (secondary N) is 1. The second-order valence-electron chi connectivity index (χ2n) is 4.17. The lowest BCUT2D eigenvalue weighted by Crippen LogP contribution is -1.73. The lowest BCUT2D eigenvalue weighted by Gasteiger charge is -1.94. The summed E-state index contributed by atoms with van der Waals surface area (Å²) < 4.78 is 0. The quantitative estimate of drug-likeness (QED) is 0.559. The molecule has 2 aromatic carbocycles. The summed E-state index contributed by atoms with van der Waals surface area (Å²) in [6.07, 6.45) is 0. The zero-order valence-electron chi connectivity index (χ0n) is 8.96. The number of aromatic amines is 1. The van der Waals surface area contributed by atoms with Crippen LogP contribution in [0, 0.1) is 13.8 Å². The van der Waals surface area contributed by atoms with Gasteiger partial charge in [0.2, 0.25) is 0 Å². The molecule has 3 rings (SSSR count). The van der Waals surface area contributed by atoms with Gasteiger partial charge in [-0.15, -0.1) is 0 Å². The molecular weight excluding hydrogens is 182 g/mol. The van der Waals surface area contributed by atoms with Gasteiger partial charge in [0.1, 0.15) is 0 Å². The summed E-state index contributed by atoms with van der Waals surface area (Å²) in [7, 11) is 0. The van der Waals surface area contributed by atoms with E-state index in [1.54, 1.807) is 0 Å². The van der Waals surface area contributed by atoms with Crippen molar-refractivity contribution in [2.24, 2.45) is 0 Å². The van der Waals surface area contributed by atoms with Crippen molar-refractivity contribution >= 4 is 21.8 Å². The Labute approximate surface area is 88.7 Å². The van der Waals surface area contributed by atoms with E-state index < -0.39 is 0 Å². The first-order chi connectivity index (χ1) is 7.25. The smallest absolute Gasteiger partial charge is 0.0494 e. The SMILES string of the molecule is Cc1ccc2[nH]c3c(C)cccc3c2c1. The second kappa shape index (κ2) is 2.86. The Balaban J connectivity index is 2.58. The number of hydrogen-bond donors (Lipinski definition) is 1. The highest BCUT2D eigenvalue weighted by molar-refractivity contribution is 6.08. The normalized spacial score (nSPS) is 11.3. The third-order valence-electron chi connectivity index (χ3n) is 3.00. The first-order valence-electron chi connectivity index (χ1n) is 5.23. The van der Waals surface area contributed by atoms with Crippen LogP contribution in [-0.2, 0) is 0 Å². The Morgan fingerprint density at radius 1 is 0.933 bits per heavy atom. The molecule has 0 amide bonds. The number of benzene rings is 2. The molecule has 1 heteroatoms. The van der Waals surface area contributed by atoms with Crippen molar-refractivity contribution in [3.8, 4) is 0 Å². The van der Waals surface area contributed by atoms with Crippen molar-refractivity contribution in [2.75, 3.05) is 0 Å². The van der Waals surface area contributed by atoms with Gasteiger partial charge in [-0.05, 0) is 31.5 Å². The molecule has 0 atom stereocenters. The molecule has 0 aliphatic heterocycles. The van der Waals surface area contributed by atoms with Crippen LogP contribution >= 0.6 is 0 Å². The largest absolute Gasteiger partial charge is 0.354 e. The minimum atomic E-state index is 1.23. The molecule has 0 aliphatic rings. The molecule has 3 aromatic rings. The second-order valence-corrected chi connectivity index (χ2v) is 4.17. The molecular formula is C14H13N. The van der Waals surface area contributed by atoms with E-state index in [2.05, 4.69) is 55.2 Å². The standard InChI is InChI=1S/C14H13N/c1-9-6-7-13-12(8-9)11-5-3-4-10(2)14(11)15-13/h3-8,15H,1-2H3. The summed E-state index contributed by atoms with van der Waals surface area (Å²) in [6.45, 7) is 4.28. The fourth-order valence-electron chi connectivity index (χ4n) is 2.18. The Bertz CT molecular complexity index is 647. The minimum absolute atomic E-state index is 1.23. The van der Waals surface area contributed by atoms with E-state index in [0.717, 1.165) is 0 Å². The van der Waals surface area contributed by atoms with Gasteiger partial charge < -0.3 is 4.98 Å². The van der Waals surface area contributed by atoms with Crippen molar-refractivity contribution in [1.29, 1.82) is 0 Å². The van der Waals surface area contributed by atoms with Crippen molar-refractivity contribution in [2.45, 2.75) is 13.8 Å². The lowest BCUT2D eigenvalue weighted by molar-refractivity contribution is 1.45. The number of rotatable bonds is 0. The van der Waals surface area contributed by atoms with Crippen LogP contribution in [0.5, 0.6) is 0 Å². The fraction of sp³-hybridized carbons (Fsp3) is 0.143. The molecule has 0 saturated heterocycles. The predicted octanol–water partition coefficient (Wildman–Crippen LogP) is 3.94. The number of aromatic nitrogens is 1. The molecule has 74 valence electrons. The predicted molar refractivity (Wildman–Crippen MR) is 65.3 cm³/mol. The maximum atomic E-state index is 3.47. The number of fused-ring (bicyclic) bond motifs is 3. The molecule has 1 N–H and O–H groups in total. The molecule has 1 nitrogen and oxygen atoms in total. The van der Waals surface area contributed by atoms with Gasteiger partial charge in [-0.3, -0.25) is 0 Å². The fourth-order valence-corrected chi connectivity index (χ4v) is 2.18. The lowest BCUT2D eigenvalue weighted by atomic mass is 10.1. The summed E-state index contributed by atoms with van der Waals surface area (Å²) in [5, 5.41) is 2.66. The van der Waals surface area contributed by atoms with Crippen LogP contribution in [0.1, 0.15) is 11.1 Å². The van der Waals surface area contributed by atoms with Crippen molar-refractivity contribution in [1.82, 2.24) is 4.98 Å². The molecule has 0 bridgehead atoms. The van der Waals surface area contributed by atoms with E-state index in [1.807, 2.05) is 0 Å². The zero-order chi connectivity index (χ0) is 10.4. The maximum absolute atomic E-state index is 3.47. The summed E-state index contributed by atoms with van der Waals surface area (Å²) in [6, 6.07) is 13.0. The van der Waals surface area contributed by atoms with Crippen LogP contribution in [0.15, 0.2) is 36.4 Å². The van der Waals surface area contributed by atoms with Crippen molar-refractivity contribution < 1.29 is 0 Å². The molecule has 0 spiro atoms. The van der Waals surface area contributed by atoms with Crippen molar-refractivity contribution in [3.05, 3.63) is 47.5 Å². The van der Waals surface area contributed by atoms with Crippen LogP contribution < -0.4 is 0 Å². The Morgan fingerprint density at radius 2 is 1.80 bits per heavy atom. The van der Waals surface area contributed by atoms with Gasteiger partial charge >= 0.3 is 0 Å². The molecule has 0 saturated carbocycles. The molecule has 0 radical (unpaired) electrons. The Kier molecular flexibility index (Phi) is 1.63. The monoisotopic (exact) mass is 195 g/mol. The van der Waals surface area contributed by atoms with Crippen molar-refractivity contribution in [3.63, 3.8) is 0 Å². The van der Waals surface area contributed by atoms with E-state index in [-0.39, 0.29) is 0 Å². The van der Waals surface area contributed by atoms with Gasteiger partial charge in [0.25, 0.3) is 0 Å². The van der Waals surface area contributed by atoms with Gasteiger partial charge in [0, 0.05) is 21.8 Å². The first kappa shape index (κ1) is 8.54. The molecule has 0 unspecified atom stereocenters. The average Bonchev–Trinajstić information content (AvgIpc) is 2.58. The highest BCUT2D eigenvalue weighted by Crippen LogP contribution is 2.27. The van der Waals surface area contributed by atoms with Crippen LogP contribution in [0.2, 0.25) is 0 Å². The topological polar surface area (TPSA) is 15.8 Å². The van der Waals surface area contributed by atoms with Gasteiger partial charge in [-0.2, -0.15) is 0 Å². The first-order valence-corrected chi connectivity index (χ1v) is 5.23. The third-order valence-corrected chi connectivity index (χ3v) is 3.00. The molecule has 0 aliphatic carbocycles. The average molecular weight is 195 g/mol. The van der Waals surface area contributed by atoms with E-state index in [9.17, 15) is 0 Å². The zero-order valence-corrected chi connectivity index (χ0v) is 8.96. The number of para-hydroxylation sites is 1. The third kappa shape index (κ3) is 1.16. The minimum Gasteiger partial charge on any atom is -0.354 e. The van der Waals surface area contributed by atoms with Gasteiger partial charge in [-0.1, -0.05) is 29.8 Å². The summed E-state index contributed by atoms with van der Waals surface area (Å²) in [5.41, 5.74) is 5.11. The summed E-state index contributed by atoms with van der Waals surface area (Å²) in [5.74, 6) is 0. The molecule has 1 heterocycles. The van der Waals surface area contributed by atoms with E-state index >= 15 is 0 Å². The maximum Gasteiger partial charge on any atom is 0.0494 e. The van der Waals surface area contributed by atoms with E-state index in [4.69, 9.17) is 0 Å². The van der Waals surface area contributed by atoms with Crippen LogP contribution in [0.4, 0.5) is 0 Å². The van der Waals surface area contributed by atoms with Crippen LogP contribution in [0.3, 0.4) is 0 Å². The number of aryl methyl sites for hydroxylation is 2. The van der Waals surface area contributed by atoms with Gasteiger partial charge in [0.05, 0.1) is 0 Å². The van der Waals surface area contributed by atoms with Crippen LogP contribution in [0.25, 0.3) is 21.8 Å².